The number of anilines is 2. The average Bonchev–Trinajstić information content (AvgIpc) is 2.57. The minimum atomic E-state index is 0.0807. The van der Waals surface area contributed by atoms with Gasteiger partial charge in [0.2, 0.25) is 0 Å². The summed E-state index contributed by atoms with van der Waals surface area (Å²) in [7, 11) is 0. The van der Waals surface area contributed by atoms with Crippen LogP contribution < -0.4 is 5.32 Å². The molecule has 1 aromatic carbocycles. The largest absolute Gasteiger partial charge is 0.339 e. The normalized spacial score (nSPS) is 17.6. The molecule has 4 nitrogen and oxygen atoms in total. The standard InChI is InChI=1S/C19H22BrN3O/c1-13-5-7-17(16(20)10-13)22-18-8-6-15(11-21-18)19(24)23-9-3-4-14(2)12-23/h5-8,10-11,14H,3-4,9,12H2,1-2H3,(H,21,22). The van der Waals surface area contributed by atoms with Crippen molar-refractivity contribution in [3.05, 3.63) is 52.1 Å². The van der Waals surface area contributed by atoms with Crippen LogP contribution in [0.15, 0.2) is 41.0 Å². The lowest BCUT2D eigenvalue weighted by Gasteiger charge is -2.30. The van der Waals surface area contributed by atoms with Crippen molar-refractivity contribution in [1.29, 1.82) is 0 Å². The molecule has 1 aromatic heterocycles. The summed E-state index contributed by atoms with van der Waals surface area (Å²) in [6.45, 7) is 5.94. The number of aromatic nitrogens is 1. The number of nitrogens with zero attached hydrogens (tertiary/aromatic N) is 2. The zero-order valence-electron chi connectivity index (χ0n) is 14.1. The summed E-state index contributed by atoms with van der Waals surface area (Å²) in [6.07, 6.45) is 3.95. The van der Waals surface area contributed by atoms with Crippen molar-refractivity contribution in [3.8, 4) is 0 Å². The predicted octanol–water partition coefficient (Wildman–Crippen LogP) is 4.77. The van der Waals surface area contributed by atoms with E-state index in [9.17, 15) is 4.79 Å². The minimum Gasteiger partial charge on any atom is -0.339 e. The Morgan fingerprint density at radius 1 is 1.33 bits per heavy atom. The van der Waals surface area contributed by atoms with Crippen LogP contribution in [0.4, 0.5) is 11.5 Å². The monoisotopic (exact) mass is 387 g/mol. The van der Waals surface area contributed by atoms with E-state index >= 15 is 0 Å². The van der Waals surface area contributed by atoms with E-state index in [2.05, 4.69) is 46.1 Å². The van der Waals surface area contributed by atoms with Crippen molar-refractivity contribution < 1.29 is 4.79 Å². The predicted molar refractivity (Wildman–Crippen MR) is 101 cm³/mol. The number of rotatable bonds is 3. The molecule has 126 valence electrons. The quantitative estimate of drug-likeness (QED) is 0.824. The number of amides is 1. The fraction of sp³-hybridized carbons (Fsp3) is 0.368. The molecule has 1 unspecified atom stereocenters. The number of hydrogen-bond donors (Lipinski definition) is 1. The topological polar surface area (TPSA) is 45.2 Å². The Labute approximate surface area is 151 Å². The van der Waals surface area contributed by atoms with E-state index in [1.54, 1.807) is 6.20 Å². The third kappa shape index (κ3) is 3.96. The molecular formula is C19H22BrN3O. The van der Waals surface area contributed by atoms with Crippen LogP contribution >= 0.6 is 15.9 Å². The van der Waals surface area contributed by atoms with Gasteiger partial charge in [-0.2, -0.15) is 0 Å². The van der Waals surface area contributed by atoms with Gasteiger partial charge in [0.05, 0.1) is 11.3 Å². The molecule has 5 heteroatoms. The molecular weight excluding hydrogens is 366 g/mol. The summed E-state index contributed by atoms with van der Waals surface area (Å²) in [5, 5.41) is 3.27. The molecule has 24 heavy (non-hydrogen) atoms. The first-order chi connectivity index (χ1) is 11.5. The van der Waals surface area contributed by atoms with Gasteiger partial charge in [0.25, 0.3) is 5.91 Å². The molecule has 0 aliphatic carbocycles. The summed E-state index contributed by atoms with van der Waals surface area (Å²) < 4.78 is 0.992. The average molecular weight is 388 g/mol. The van der Waals surface area contributed by atoms with Gasteiger partial charge in [-0.3, -0.25) is 4.79 Å². The second-order valence-electron chi connectivity index (χ2n) is 6.54. The molecule has 1 aliphatic rings. The van der Waals surface area contributed by atoms with Crippen LogP contribution in [0, 0.1) is 12.8 Å². The van der Waals surface area contributed by atoms with Crippen LogP contribution in [-0.2, 0) is 0 Å². The summed E-state index contributed by atoms with van der Waals surface area (Å²) in [5.41, 5.74) is 2.80. The van der Waals surface area contributed by atoms with Gasteiger partial charge in [0, 0.05) is 23.8 Å². The molecule has 1 atom stereocenters. The van der Waals surface area contributed by atoms with Crippen molar-refractivity contribution >= 4 is 33.3 Å². The third-order valence-corrected chi connectivity index (χ3v) is 5.00. The highest BCUT2D eigenvalue weighted by atomic mass is 79.9. The number of pyridine rings is 1. The van der Waals surface area contributed by atoms with Gasteiger partial charge >= 0.3 is 0 Å². The first-order valence-corrected chi connectivity index (χ1v) is 9.11. The highest BCUT2D eigenvalue weighted by molar-refractivity contribution is 9.10. The number of nitrogens with one attached hydrogen (secondary N) is 1. The van der Waals surface area contributed by atoms with Crippen molar-refractivity contribution in [2.75, 3.05) is 18.4 Å². The van der Waals surface area contributed by atoms with Gasteiger partial charge in [-0.15, -0.1) is 0 Å². The van der Waals surface area contributed by atoms with Crippen LogP contribution in [0.5, 0.6) is 0 Å². The number of carbonyl (C=O) groups is 1. The van der Waals surface area contributed by atoms with Gasteiger partial charge < -0.3 is 10.2 Å². The highest BCUT2D eigenvalue weighted by Crippen LogP contribution is 2.26. The Balaban J connectivity index is 1.69. The van der Waals surface area contributed by atoms with E-state index in [1.165, 1.54) is 12.0 Å². The minimum absolute atomic E-state index is 0.0807. The van der Waals surface area contributed by atoms with Crippen molar-refractivity contribution in [1.82, 2.24) is 9.88 Å². The first kappa shape index (κ1) is 17.0. The summed E-state index contributed by atoms with van der Waals surface area (Å²) in [5.74, 6) is 1.38. The summed E-state index contributed by atoms with van der Waals surface area (Å²) >= 11 is 3.55. The number of carbonyl (C=O) groups excluding carboxylic acids is 1. The Morgan fingerprint density at radius 2 is 2.17 bits per heavy atom. The van der Waals surface area contributed by atoms with E-state index in [1.807, 2.05) is 29.2 Å². The fourth-order valence-electron chi connectivity index (χ4n) is 3.01. The smallest absolute Gasteiger partial charge is 0.255 e. The van der Waals surface area contributed by atoms with Crippen LogP contribution in [0.1, 0.15) is 35.7 Å². The van der Waals surface area contributed by atoms with E-state index in [4.69, 9.17) is 0 Å². The van der Waals surface area contributed by atoms with Crippen molar-refractivity contribution in [2.24, 2.45) is 5.92 Å². The Hall–Kier alpha value is -1.88. The molecule has 1 aliphatic heterocycles. The molecule has 0 bridgehead atoms. The lowest BCUT2D eigenvalue weighted by atomic mass is 10.00. The van der Waals surface area contributed by atoms with Crippen LogP contribution in [0.3, 0.4) is 0 Å². The van der Waals surface area contributed by atoms with E-state index in [0.29, 0.717) is 11.5 Å². The van der Waals surface area contributed by atoms with E-state index < -0.39 is 0 Å². The summed E-state index contributed by atoms with van der Waals surface area (Å²) in [6, 6.07) is 9.81. The maximum Gasteiger partial charge on any atom is 0.255 e. The zero-order valence-corrected chi connectivity index (χ0v) is 15.6. The Bertz CT molecular complexity index is 730. The van der Waals surface area contributed by atoms with Gasteiger partial charge in [-0.05, 0) is 71.4 Å². The molecule has 3 rings (SSSR count). The molecule has 1 saturated heterocycles. The molecule has 1 amide bonds. The molecule has 1 N–H and O–H groups in total. The van der Waals surface area contributed by atoms with Gasteiger partial charge in [0.1, 0.15) is 5.82 Å². The SMILES string of the molecule is Cc1ccc(Nc2ccc(C(=O)N3CCCC(C)C3)cn2)c(Br)c1. The van der Waals surface area contributed by atoms with Gasteiger partial charge in [-0.1, -0.05) is 13.0 Å². The number of halogens is 1. The van der Waals surface area contributed by atoms with Crippen molar-refractivity contribution in [2.45, 2.75) is 26.7 Å². The Morgan fingerprint density at radius 3 is 2.83 bits per heavy atom. The molecule has 0 radical (unpaired) electrons. The summed E-state index contributed by atoms with van der Waals surface area (Å²) in [4.78, 5) is 18.9. The lowest BCUT2D eigenvalue weighted by molar-refractivity contribution is 0.0682. The number of aryl methyl sites for hydroxylation is 1. The second-order valence-corrected chi connectivity index (χ2v) is 7.39. The zero-order chi connectivity index (χ0) is 17.1. The molecule has 1 fully saturated rings. The van der Waals surface area contributed by atoms with Crippen molar-refractivity contribution in [3.63, 3.8) is 0 Å². The first-order valence-electron chi connectivity index (χ1n) is 8.31. The van der Waals surface area contributed by atoms with Crippen LogP contribution in [0.25, 0.3) is 0 Å². The molecule has 0 saturated carbocycles. The molecule has 0 spiro atoms. The highest BCUT2D eigenvalue weighted by Gasteiger charge is 2.22. The maximum absolute atomic E-state index is 12.6. The van der Waals surface area contributed by atoms with E-state index in [-0.39, 0.29) is 5.91 Å². The number of likely N-dealkylation sites (tertiary alicyclic amines) is 1. The van der Waals surface area contributed by atoms with E-state index in [0.717, 1.165) is 35.5 Å². The van der Waals surface area contributed by atoms with Gasteiger partial charge in [-0.25, -0.2) is 4.98 Å². The third-order valence-electron chi connectivity index (χ3n) is 4.34. The maximum atomic E-state index is 12.6. The lowest BCUT2D eigenvalue weighted by Crippen LogP contribution is -2.39. The Kier molecular flexibility index (Phi) is 5.19. The number of hydrogen-bond acceptors (Lipinski definition) is 3. The number of piperidine rings is 1. The van der Waals surface area contributed by atoms with Gasteiger partial charge in [0.15, 0.2) is 0 Å². The van der Waals surface area contributed by atoms with Crippen LogP contribution in [0.2, 0.25) is 0 Å². The van der Waals surface area contributed by atoms with Crippen LogP contribution in [-0.4, -0.2) is 28.9 Å². The molecule has 2 heterocycles. The fourth-order valence-corrected chi connectivity index (χ4v) is 3.60. The molecule has 2 aromatic rings. The number of benzene rings is 1. The second kappa shape index (κ2) is 7.34.